The van der Waals surface area contributed by atoms with Crippen LogP contribution in [0.15, 0.2) is 24.3 Å². The standard InChI is InChI=1S/C18H27N3O2.ClH/c1-3-18(4-2,12-19)21-16(22)10-9-14-11-13-7-5-6-8-15(13)20-17(14)23;/h5-8,14H,3-4,9-12,19H2,1-2H3,(H,20,23)(H,21,22);1H. The van der Waals surface area contributed by atoms with Gasteiger partial charge in [-0.1, -0.05) is 32.0 Å². The summed E-state index contributed by atoms with van der Waals surface area (Å²) in [5.74, 6) is -0.162. The highest BCUT2D eigenvalue weighted by Crippen LogP contribution is 2.27. The summed E-state index contributed by atoms with van der Waals surface area (Å²) in [6.07, 6.45) is 3.22. The van der Waals surface area contributed by atoms with Crippen molar-refractivity contribution < 1.29 is 9.59 Å². The molecule has 0 saturated heterocycles. The van der Waals surface area contributed by atoms with Gasteiger partial charge in [-0.3, -0.25) is 9.59 Å². The van der Waals surface area contributed by atoms with Gasteiger partial charge < -0.3 is 16.4 Å². The monoisotopic (exact) mass is 353 g/mol. The van der Waals surface area contributed by atoms with Crippen LogP contribution in [0, 0.1) is 5.92 Å². The summed E-state index contributed by atoms with van der Waals surface area (Å²) >= 11 is 0. The van der Waals surface area contributed by atoms with Crippen molar-refractivity contribution in [1.82, 2.24) is 5.32 Å². The Morgan fingerprint density at radius 3 is 2.62 bits per heavy atom. The number of amides is 2. The fraction of sp³-hybridized carbons (Fsp3) is 0.556. The van der Waals surface area contributed by atoms with Crippen LogP contribution >= 0.6 is 12.4 Å². The number of nitrogens with one attached hydrogen (secondary N) is 2. The van der Waals surface area contributed by atoms with E-state index in [-0.39, 0.29) is 35.7 Å². The van der Waals surface area contributed by atoms with E-state index in [9.17, 15) is 9.59 Å². The topological polar surface area (TPSA) is 84.2 Å². The predicted molar refractivity (Wildman–Crippen MR) is 99.3 cm³/mol. The highest BCUT2D eigenvalue weighted by molar-refractivity contribution is 5.96. The number of rotatable bonds is 7. The van der Waals surface area contributed by atoms with Crippen LogP contribution in [0.3, 0.4) is 0 Å². The summed E-state index contributed by atoms with van der Waals surface area (Å²) in [6.45, 7) is 4.49. The van der Waals surface area contributed by atoms with E-state index >= 15 is 0 Å². The van der Waals surface area contributed by atoms with E-state index < -0.39 is 0 Å². The molecule has 1 heterocycles. The molecule has 0 spiro atoms. The largest absolute Gasteiger partial charge is 0.349 e. The first-order valence-corrected chi connectivity index (χ1v) is 8.43. The summed E-state index contributed by atoms with van der Waals surface area (Å²) in [6, 6.07) is 7.82. The first kappa shape index (κ1) is 20.5. The average Bonchev–Trinajstić information content (AvgIpc) is 2.58. The van der Waals surface area contributed by atoms with Crippen molar-refractivity contribution in [2.75, 3.05) is 11.9 Å². The van der Waals surface area contributed by atoms with Crippen molar-refractivity contribution in [3.63, 3.8) is 0 Å². The number of halogens is 1. The van der Waals surface area contributed by atoms with Crippen LogP contribution in [0.1, 0.15) is 45.1 Å². The van der Waals surface area contributed by atoms with Crippen molar-refractivity contribution >= 4 is 29.9 Å². The lowest BCUT2D eigenvalue weighted by Gasteiger charge is -2.32. The predicted octanol–water partition coefficient (Wildman–Crippen LogP) is 2.63. The van der Waals surface area contributed by atoms with Gasteiger partial charge in [-0.2, -0.15) is 0 Å². The molecule has 1 aliphatic heterocycles. The molecule has 0 saturated carbocycles. The molecular formula is C18H28ClN3O2. The maximum absolute atomic E-state index is 12.2. The van der Waals surface area contributed by atoms with Crippen molar-refractivity contribution in [1.29, 1.82) is 0 Å². The minimum atomic E-state index is -0.321. The molecule has 1 unspecified atom stereocenters. The number of hydrogen-bond acceptors (Lipinski definition) is 3. The number of benzene rings is 1. The third kappa shape index (κ3) is 4.71. The van der Waals surface area contributed by atoms with Crippen LogP contribution in [0.2, 0.25) is 0 Å². The van der Waals surface area contributed by atoms with E-state index in [0.717, 1.165) is 24.1 Å². The maximum Gasteiger partial charge on any atom is 0.227 e. The van der Waals surface area contributed by atoms with Gasteiger partial charge in [0.25, 0.3) is 0 Å². The Morgan fingerprint density at radius 1 is 1.33 bits per heavy atom. The molecule has 4 N–H and O–H groups in total. The number of fused-ring (bicyclic) bond motifs is 1. The second-order valence-corrected chi connectivity index (χ2v) is 6.33. The van der Waals surface area contributed by atoms with Gasteiger partial charge in [0, 0.05) is 24.6 Å². The zero-order valence-electron chi connectivity index (χ0n) is 14.4. The van der Waals surface area contributed by atoms with E-state index in [1.807, 2.05) is 38.1 Å². The highest BCUT2D eigenvalue weighted by atomic mass is 35.5. The minimum absolute atomic E-state index is 0. The smallest absolute Gasteiger partial charge is 0.227 e. The molecule has 0 radical (unpaired) electrons. The molecular weight excluding hydrogens is 326 g/mol. The number of anilines is 1. The molecule has 0 aliphatic carbocycles. The van der Waals surface area contributed by atoms with Crippen molar-refractivity contribution in [3.05, 3.63) is 29.8 Å². The van der Waals surface area contributed by atoms with Crippen LogP contribution in [0.4, 0.5) is 5.69 Å². The molecule has 1 aromatic rings. The van der Waals surface area contributed by atoms with E-state index in [2.05, 4.69) is 10.6 Å². The number of carbonyl (C=O) groups is 2. The number of carbonyl (C=O) groups excluding carboxylic acids is 2. The molecule has 2 rings (SSSR count). The Labute approximate surface area is 150 Å². The Morgan fingerprint density at radius 2 is 2.00 bits per heavy atom. The van der Waals surface area contributed by atoms with Crippen molar-refractivity contribution in [3.8, 4) is 0 Å². The number of para-hydroxylation sites is 1. The molecule has 1 aromatic carbocycles. The molecule has 134 valence electrons. The first-order chi connectivity index (χ1) is 11.0. The second-order valence-electron chi connectivity index (χ2n) is 6.33. The lowest BCUT2D eigenvalue weighted by molar-refractivity contribution is -0.124. The van der Waals surface area contributed by atoms with Crippen LogP contribution in [0.5, 0.6) is 0 Å². The second kappa shape index (κ2) is 9.04. The molecule has 0 bridgehead atoms. The summed E-state index contributed by atoms with van der Waals surface area (Å²) in [5.41, 5.74) is 7.51. The van der Waals surface area contributed by atoms with E-state index in [0.29, 0.717) is 25.8 Å². The molecule has 0 aromatic heterocycles. The van der Waals surface area contributed by atoms with Gasteiger partial charge >= 0.3 is 0 Å². The van der Waals surface area contributed by atoms with Gasteiger partial charge in [0.15, 0.2) is 0 Å². The minimum Gasteiger partial charge on any atom is -0.349 e. The summed E-state index contributed by atoms with van der Waals surface area (Å²) in [4.78, 5) is 24.4. The molecule has 5 nitrogen and oxygen atoms in total. The Balaban J connectivity index is 0.00000288. The molecule has 2 amide bonds. The normalized spacial score (nSPS) is 16.6. The Kier molecular flexibility index (Phi) is 7.70. The fourth-order valence-corrected chi connectivity index (χ4v) is 3.08. The van der Waals surface area contributed by atoms with Gasteiger partial charge in [-0.15, -0.1) is 12.4 Å². The van der Waals surface area contributed by atoms with Gasteiger partial charge in [0.1, 0.15) is 0 Å². The van der Waals surface area contributed by atoms with Crippen molar-refractivity contribution in [2.24, 2.45) is 11.7 Å². The molecule has 0 fully saturated rings. The first-order valence-electron chi connectivity index (χ1n) is 8.43. The zero-order valence-corrected chi connectivity index (χ0v) is 15.2. The highest BCUT2D eigenvalue weighted by Gasteiger charge is 2.29. The maximum atomic E-state index is 12.2. The Hall–Kier alpha value is -1.59. The molecule has 6 heteroatoms. The van der Waals surface area contributed by atoms with E-state index in [4.69, 9.17) is 5.73 Å². The summed E-state index contributed by atoms with van der Waals surface area (Å²) in [7, 11) is 0. The fourth-order valence-electron chi connectivity index (χ4n) is 3.08. The lowest BCUT2D eigenvalue weighted by Crippen LogP contribution is -2.53. The van der Waals surface area contributed by atoms with Gasteiger partial charge in [-0.05, 0) is 37.3 Å². The van der Waals surface area contributed by atoms with Gasteiger partial charge in [0.05, 0.1) is 5.54 Å². The van der Waals surface area contributed by atoms with Crippen LogP contribution in [-0.2, 0) is 16.0 Å². The van der Waals surface area contributed by atoms with E-state index in [1.54, 1.807) is 0 Å². The third-order valence-corrected chi connectivity index (χ3v) is 4.98. The van der Waals surface area contributed by atoms with Crippen LogP contribution in [0.25, 0.3) is 0 Å². The molecule has 1 atom stereocenters. The van der Waals surface area contributed by atoms with Gasteiger partial charge in [0.2, 0.25) is 11.8 Å². The Bertz CT molecular complexity index is 565. The quantitative estimate of drug-likeness (QED) is 0.704. The summed E-state index contributed by atoms with van der Waals surface area (Å²) in [5, 5.41) is 5.98. The summed E-state index contributed by atoms with van der Waals surface area (Å²) < 4.78 is 0. The van der Waals surface area contributed by atoms with Crippen LogP contribution in [-0.4, -0.2) is 23.9 Å². The van der Waals surface area contributed by atoms with Crippen molar-refractivity contribution in [2.45, 2.75) is 51.5 Å². The number of nitrogens with two attached hydrogens (primary N) is 1. The zero-order chi connectivity index (χ0) is 16.9. The molecule has 24 heavy (non-hydrogen) atoms. The SMILES string of the molecule is CCC(CC)(CN)NC(=O)CCC1Cc2ccccc2NC1=O.Cl. The average molecular weight is 354 g/mol. The molecule has 1 aliphatic rings. The third-order valence-electron chi connectivity index (χ3n) is 4.98. The van der Waals surface area contributed by atoms with Gasteiger partial charge in [-0.25, -0.2) is 0 Å². The van der Waals surface area contributed by atoms with E-state index in [1.165, 1.54) is 0 Å². The van der Waals surface area contributed by atoms with Crippen LogP contribution < -0.4 is 16.4 Å². The number of hydrogen-bond donors (Lipinski definition) is 3. The lowest BCUT2D eigenvalue weighted by atomic mass is 9.89.